The zero-order valence-electron chi connectivity index (χ0n) is 13.7. The molecule has 0 radical (unpaired) electrons. The number of hydrogen-bond donors (Lipinski definition) is 0. The zero-order valence-corrected chi connectivity index (χ0v) is 15.3. The largest absolute Gasteiger partial charge is 0.493 e. The highest BCUT2D eigenvalue weighted by Gasteiger charge is 2.39. The van der Waals surface area contributed by atoms with Crippen molar-refractivity contribution in [2.75, 3.05) is 14.2 Å². The Bertz CT molecular complexity index is 777. The van der Waals surface area contributed by atoms with Gasteiger partial charge in [0.2, 0.25) is 0 Å². The van der Waals surface area contributed by atoms with E-state index in [1.165, 1.54) is 28.1 Å². The summed E-state index contributed by atoms with van der Waals surface area (Å²) in [5, 5.41) is 11.2. The summed E-state index contributed by atoms with van der Waals surface area (Å²) >= 11 is 3.10. The van der Waals surface area contributed by atoms with Gasteiger partial charge in [-0.15, -0.1) is 0 Å². The number of carbonyl (C=O) groups excluding carboxylic acids is 2. The van der Waals surface area contributed by atoms with Gasteiger partial charge in [0.05, 0.1) is 25.2 Å². The predicted octanol–water partition coefficient (Wildman–Crippen LogP) is 2.59. The molecular formula is C15H14BrNO8. The van der Waals surface area contributed by atoms with E-state index in [1.807, 2.05) is 0 Å². The molecule has 0 amide bonds. The van der Waals surface area contributed by atoms with E-state index >= 15 is 0 Å². The molecule has 1 saturated heterocycles. The Morgan fingerprint density at radius 1 is 1.20 bits per heavy atom. The van der Waals surface area contributed by atoms with Gasteiger partial charge in [-0.2, -0.15) is 0 Å². The molecule has 1 fully saturated rings. The number of nitro groups is 1. The fourth-order valence-corrected chi connectivity index (χ4v) is 2.72. The third kappa shape index (κ3) is 3.58. The maximum absolute atomic E-state index is 12.1. The van der Waals surface area contributed by atoms with E-state index in [0.29, 0.717) is 0 Å². The van der Waals surface area contributed by atoms with Crippen molar-refractivity contribution in [1.82, 2.24) is 0 Å². The molecule has 9 nitrogen and oxygen atoms in total. The zero-order chi connectivity index (χ0) is 18.9. The second kappa shape index (κ2) is 6.71. The lowest BCUT2D eigenvalue weighted by Gasteiger charge is -2.29. The normalized spacial score (nSPS) is 16.0. The lowest BCUT2D eigenvalue weighted by Crippen LogP contribution is -2.41. The summed E-state index contributed by atoms with van der Waals surface area (Å²) in [5.41, 5.74) is -0.694. The van der Waals surface area contributed by atoms with Gasteiger partial charge in [0, 0.05) is 19.4 Å². The first-order valence-corrected chi connectivity index (χ1v) is 7.67. The number of benzene rings is 1. The van der Waals surface area contributed by atoms with Crippen molar-refractivity contribution in [2.24, 2.45) is 0 Å². The van der Waals surface area contributed by atoms with E-state index in [9.17, 15) is 19.7 Å². The highest BCUT2D eigenvalue weighted by molar-refractivity contribution is 9.10. The average molecular weight is 416 g/mol. The van der Waals surface area contributed by atoms with Crippen molar-refractivity contribution in [2.45, 2.75) is 19.6 Å². The van der Waals surface area contributed by atoms with Gasteiger partial charge >= 0.3 is 11.9 Å². The fourth-order valence-electron chi connectivity index (χ4n) is 2.17. The quantitative estimate of drug-likeness (QED) is 0.242. The molecule has 0 aromatic heterocycles. The molecule has 0 spiro atoms. The number of methoxy groups -OCH3 is 2. The van der Waals surface area contributed by atoms with Crippen molar-refractivity contribution in [3.63, 3.8) is 0 Å². The van der Waals surface area contributed by atoms with Gasteiger partial charge in [0.15, 0.2) is 11.5 Å². The van der Waals surface area contributed by atoms with Crippen molar-refractivity contribution >= 4 is 39.6 Å². The summed E-state index contributed by atoms with van der Waals surface area (Å²) in [7, 11) is 2.62. The Balaban J connectivity index is 2.69. The van der Waals surface area contributed by atoms with Crippen LogP contribution in [-0.4, -0.2) is 36.9 Å². The van der Waals surface area contributed by atoms with Crippen molar-refractivity contribution in [3.8, 4) is 11.5 Å². The SMILES string of the molecule is COc1cc([N+](=O)[O-])c(Br)c(C=C2C(=O)OC(C)(C)OC2=O)c1OC. The van der Waals surface area contributed by atoms with Crippen LogP contribution >= 0.6 is 15.9 Å². The van der Waals surface area contributed by atoms with Crippen LogP contribution in [0.15, 0.2) is 16.1 Å². The van der Waals surface area contributed by atoms with Gasteiger partial charge in [0.25, 0.3) is 11.5 Å². The summed E-state index contributed by atoms with van der Waals surface area (Å²) in [6.07, 6.45) is 1.10. The topological polar surface area (TPSA) is 114 Å². The van der Waals surface area contributed by atoms with Crippen molar-refractivity contribution in [3.05, 3.63) is 31.8 Å². The smallest absolute Gasteiger partial charge is 0.348 e. The standard InChI is InChI=1S/C15H14BrNO8/c1-15(2)24-13(18)8(14(19)25-15)5-7-11(16)9(17(20)21)6-10(22-3)12(7)23-4/h5-6H,1-4H3. The van der Waals surface area contributed by atoms with Crippen LogP contribution < -0.4 is 9.47 Å². The summed E-state index contributed by atoms with van der Waals surface area (Å²) < 4.78 is 20.3. The summed E-state index contributed by atoms with van der Waals surface area (Å²) in [4.78, 5) is 34.8. The second-order valence-corrected chi connectivity index (χ2v) is 6.15. The number of cyclic esters (lactones) is 2. The molecular weight excluding hydrogens is 402 g/mol. The Morgan fingerprint density at radius 2 is 1.76 bits per heavy atom. The minimum atomic E-state index is -1.40. The van der Waals surface area contributed by atoms with Crippen LogP contribution in [0, 0.1) is 10.1 Å². The van der Waals surface area contributed by atoms with Gasteiger partial charge in [-0.3, -0.25) is 10.1 Å². The Labute approximate surface area is 150 Å². The predicted molar refractivity (Wildman–Crippen MR) is 88.1 cm³/mol. The first-order valence-electron chi connectivity index (χ1n) is 6.88. The molecule has 134 valence electrons. The van der Waals surface area contributed by atoms with Crippen LogP contribution in [-0.2, 0) is 19.1 Å². The molecule has 1 aromatic rings. The molecule has 1 aliphatic rings. The molecule has 0 aliphatic carbocycles. The number of nitro benzene ring substituents is 1. The second-order valence-electron chi connectivity index (χ2n) is 5.35. The Kier molecular flexibility index (Phi) is 5.02. The number of esters is 2. The minimum absolute atomic E-state index is 0.00748. The lowest BCUT2D eigenvalue weighted by atomic mass is 10.1. The van der Waals surface area contributed by atoms with Crippen molar-refractivity contribution in [1.29, 1.82) is 0 Å². The number of halogens is 1. The Hall–Kier alpha value is -2.62. The number of nitrogens with zero attached hydrogens (tertiary/aromatic N) is 1. The van der Waals surface area contributed by atoms with E-state index in [1.54, 1.807) is 0 Å². The van der Waals surface area contributed by atoms with Crippen LogP contribution in [0.1, 0.15) is 19.4 Å². The molecule has 1 aliphatic heterocycles. The number of rotatable bonds is 4. The maximum Gasteiger partial charge on any atom is 0.348 e. The van der Waals surface area contributed by atoms with Crippen LogP contribution in [0.25, 0.3) is 6.08 Å². The number of hydrogen-bond acceptors (Lipinski definition) is 8. The van der Waals surface area contributed by atoms with Crippen LogP contribution in [0.4, 0.5) is 5.69 Å². The first kappa shape index (κ1) is 18.7. The van der Waals surface area contributed by atoms with E-state index in [4.69, 9.17) is 18.9 Å². The Morgan fingerprint density at radius 3 is 2.20 bits per heavy atom. The molecule has 2 rings (SSSR count). The third-order valence-electron chi connectivity index (χ3n) is 3.22. The third-order valence-corrected chi connectivity index (χ3v) is 4.06. The van der Waals surface area contributed by atoms with Gasteiger partial charge < -0.3 is 18.9 Å². The van der Waals surface area contributed by atoms with Crippen LogP contribution in [0.5, 0.6) is 11.5 Å². The maximum atomic E-state index is 12.1. The van der Waals surface area contributed by atoms with E-state index < -0.39 is 28.2 Å². The van der Waals surface area contributed by atoms with Crippen molar-refractivity contribution < 1.29 is 33.5 Å². The summed E-state index contributed by atoms with van der Waals surface area (Å²) in [6.45, 7) is 2.82. The minimum Gasteiger partial charge on any atom is -0.493 e. The summed E-state index contributed by atoms with van der Waals surface area (Å²) in [6, 6.07) is 1.16. The molecule has 0 N–H and O–H groups in total. The van der Waals surface area contributed by atoms with E-state index in [2.05, 4.69) is 15.9 Å². The molecule has 0 saturated carbocycles. The van der Waals surface area contributed by atoms with Gasteiger partial charge in [-0.05, 0) is 22.0 Å². The fraction of sp³-hybridized carbons (Fsp3) is 0.333. The van der Waals surface area contributed by atoms with Gasteiger partial charge in [-0.25, -0.2) is 9.59 Å². The summed E-state index contributed by atoms with van der Waals surface area (Å²) in [5.74, 6) is -3.07. The molecule has 1 aromatic carbocycles. The molecule has 0 atom stereocenters. The molecule has 25 heavy (non-hydrogen) atoms. The van der Waals surface area contributed by atoms with Crippen LogP contribution in [0.3, 0.4) is 0 Å². The first-order chi connectivity index (χ1) is 11.6. The average Bonchev–Trinajstić information content (AvgIpc) is 2.50. The van der Waals surface area contributed by atoms with E-state index in [-0.39, 0.29) is 27.2 Å². The van der Waals surface area contributed by atoms with Gasteiger partial charge in [0.1, 0.15) is 10.0 Å². The molecule has 0 bridgehead atoms. The van der Waals surface area contributed by atoms with Crippen LogP contribution in [0.2, 0.25) is 0 Å². The highest BCUT2D eigenvalue weighted by atomic mass is 79.9. The monoisotopic (exact) mass is 415 g/mol. The van der Waals surface area contributed by atoms with Gasteiger partial charge in [-0.1, -0.05) is 0 Å². The highest BCUT2D eigenvalue weighted by Crippen LogP contribution is 2.43. The molecule has 10 heteroatoms. The lowest BCUT2D eigenvalue weighted by molar-refractivity contribution is -0.385. The number of carbonyl (C=O) groups is 2. The number of ether oxygens (including phenoxy) is 4. The molecule has 1 heterocycles. The molecule has 0 unspecified atom stereocenters. The van der Waals surface area contributed by atoms with E-state index in [0.717, 1.165) is 12.1 Å².